The summed E-state index contributed by atoms with van der Waals surface area (Å²) >= 11 is 0. The summed E-state index contributed by atoms with van der Waals surface area (Å²) in [6.45, 7) is 3.85. The van der Waals surface area contributed by atoms with Crippen molar-refractivity contribution in [1.82, 2.24) is 15.1 Å². The van der Waals surface area contributed by atoms with Crippen molar-refractivity contribution in [2.45, 2.75) is 32.2 Å². The molecule has 0 atom stereocenters. The molecule has 0 spiro atoms. The zero-order chi connectivity index (χ0) is 18.5. The first kappa shape index (κ1) is 18.1. The maximum Gasteiger partial charge on any atom is 0.335 e. The number of hydrogen-bond donors (Lipinski definition) is 2. The minimum atomic E-state index is -0.943. The summed E-state index contributed by atoms with van der Waals surface area (Å²) in [4.78, 5) is 23.3. The van der Waals surface area contributed by atoms with Crippen LogP contribution in [0.5, 0.6) is 0 Å². The van der Waals surface area contributed by atoms with Crippen LogP contribution in [0.3, 0.4) is 0 Å². The summed E-state index contributed by atoms with van der Waals surface area (Å²) in [6.07, 6.45) is 4.09. The molecular weight excluding hydrogens is 334 g/mol. The molecule has 1 fully saturated rings. The van der Waals surface area contributed by atoms with Crippen LogP contribution < -0.4 is 5.32 Å². The van der Waals surface area contributed by atoms with Crippen molar-refractivity contribution in [2.24, 2.45) is 0 Å². The zero-order valence-electron chi connectivity index (χ0n) is 14.8. The molecule has 0 radical (unpaired) electrons. The number of ether oxygens (including phenoxy) is 1. The Hall–Kier alpha value is -2.67. The van der Waals surface area contributed by atoms with E-state index in [1.807, 2.05) is 11.6 Å². The lowest BCUT2D eigenvalue weighted by Crippen LogP contribution is -2.26. The predicted molar refractivity (Wildman–Crippen MR) is 95.5 cm³/mol. The number of aromatic carboxylic acids is 1. The molecule has 1 saturated heterocycles. The number of carboxylic acid groups (broad SMARTS) is 1. The Kier molecular flexibility index (Phi) is 5.68. The number of amides is 1. The van der Waals surface area contributed by atoms with Crippen LogP contribution >= 0.6 is 0 Å². The van der Waals surface area contributed by atoms with Crippen LogP contribution in [0.4, 0.5) is 0 Å². The molecule has 1 amide bonds. The van der Waals surface area contributed by atoms with E-state index in [1.54, 1.807) is 30.5 Å². The second-order valence-corrected chi connectivity index (χ2v) is 6.44. The molecule has 0 aliphatic carbocycles. The molecule has 1 aliphatic heterocycles. The van der Waals surface area contributed by atoms with Crippen molar-refractivity contribution in [3.63, 3.8) is 0 Å². The Morgan fingerprint density at radius 2 is 1.96 bits per heavy atom. The van der Waals surface area contributed by atoms with E-state index in [9.17, 15) is 9.59 Å². The molecule has 1 aromatic heterocycles. The van der Waals surface area contributed by atoms with Gasteiger partial charge in [-0.25, -0.2) is 4.79 Å². The van der Waals surface area contributed by atoms with Gasteiger partial charge in [-0.15, -0.1) is 0 Å². The maximum absolute atomic E-state index is 12.4. The monoisotopic (exact) mass is 357 g/mol. The van der Waals surface area contributed by atoms with Gasteiger partial charge in [0.2, 0.25) is 0 Å². The van der Waals surface area contributed by atoms with Gasteiger partial charge in [0.25, 0.3) is 5.91 Å². The predicted octanol–water partition coefficient (Wildman–Crippen LogP) is 2.21. The quantitative estimate of drug-likeness (QED) is 0.827. The molecule has 7 nitrogen and oxygen atoms in total. The minimum absolute atomic E-state index is 0.136. The number of carbonyl (C=O) groups excluding carboxylic acids is 1. The van der Waals surface area contributed by atoms with Gasteiger partial charge in [0.05, 0.1) is 23.4 Å². The van der Waals surface area contributed by atoms with Gasteiger partial charge in [0, 0.05) is 25.5 Å². The Morgan fingerprint density at radius 3 is 2.62 bits per heavy atom. The lowest BCUT2D eigenvalue weighted by molar-refractivity contribution is 0.0656. The lowest BCUT2D eigenvalue weighted by Gasteiger charge is -2.23. The van der Waals surface area contributed by atoms with Gasteiger partial charge >= 0.3 is 5.97 Å². The second kappa shape index (κ2) is 8.14. The van der Waals surface area contributed by atoms with Crippen LogP contribution in [-0.4, -0.2) is 46.5 Å². The van der Waals surface area contributed by atoms with Crippen molar-refractivity contribution < 1.29 is 19.4 Å². The summed E-state index contributed by atoms with van der Waals surface area (Å²) < 4.78 is 7.31. The Labute approximate surface area is 152 Å². The molecule has 26 heavy (non-hydrogen) atoms. The third-order valence-corrected chi connectivity index (χ3v) is 4.73. The molecule has 2 aromatic rings. The molecule has 2 N–H and O–H groups in total. The van der Waals surface area contributed by atoms with Crippen molar-refractivity contribution in [3.8, 4) is 0 Å². The topological polar surface area (TPSA) is 93.5 Å². The van der Waals surface area contributed by atoms with E-state index in [4.69, 9.17) is 9.84 Å². The van der Waals surface area contributed by atoms with E-state index in [-0.39, 0.29) is 17.5 Å². The summed E-state index contributed by atoms with van der Waals surface area (Å²) in [5.74, 6) is -1.08. The molecule has 138 valence electrons. The Bertz CT molecular complexity index is 777. The largest absolute Gasteiger partial charge is 0.478 e. The average molecular weight is 357 g/mol. The Morgan fingerprint density at radius 1 is 1.27 bits per heavy atom. The fourth-order valence-corrected chi connectivity index (χ4v) is 3.17. The van der Waals surface area contributed by atoms with Crippen LogP contribution in [0.15, 0.2) is 30.5 Å². The number of nitrogens with zero attached hydrogens (tertiary/aromatic N) is 2. The normalized spacial score (nSPS) is 15.0. The zero-order valence-corrected chi connectivity index (χ0v) is 14.8. The van der Waals surface area contributed by atoms with Crippen LogP contribution in [0.1, 0.15) is 50.9 Å². The van der Waals surface area contributed by atoms with Gasteiger partial charge in [-0.3, -0.25) is 9.48 Å². The van der Waals surface area contributed by atoms with Gasteiger partial charge in [-0.05, 0) is 43.9 Å². The number of carboxylic acids is 1. The SMILES string of the molecule is Cc1c(C(=O)NCCc2ccc(C(=O)O)cc2)cnn1C1CCOCC1. The minimum Gasteiger partial charge on any atom is -0.478 e. The van der Waals surface area contributed by atoms with Crippen molar-refractivity contribution in [1.29, 1.82) is 0 Å². The van der Waals surface area contributed by atoms with E-state index in [2.05, 4.69) is 10.4 Å². The van der Waals surface area contributed by atoms with Crippen molar-refractivity contribution in [2.75, 3.05) is 19.8 Å². The smallest absolute Gasteiger partial charge is 0.335 e. The third kappa shape index (κ3) is 4.11. The number of nitrogens with one attached hydrogen (secondary N) is 1. The fourth-order valence-electron chi connectivity index (χ4n) is 3.17. The summed E-state index contributed by atoms with van der Waals surface area (Å²) in [7, 11) is 0. The number of benzene rings is 1. The van der Waals surface area contributed by atoms with Crippen LogP contribution in [-0.2, 0) is 11.2 Å². The number of aromatic nitrogens is 2. The van der Waals surface area contributed by atoms with Gasteiger partial charge in [-0.2, -0.15) is 5.10 Å². The molecule has 2 heterocycles. The first-order chi connectivity index (χ1) is 12.6. The second-order valence-electron chi connectivity index (χ2n) is 6.44. The molecular formula is C19H23N3O4. The Balaban J connectivity index is 1.55. The fraction of sp³-hybridized carbons (Fsp3) is 0.421. The molecule has 3 rings (SSSR count). The van der Waals surface area contributed by atoms with Crippen LogP contribution in [0.25, 0.3) is 0 Å². The maximum atomic E-state index is 12.4. The average Bonchev–Trinajstić information content (AvgIpc) is 3.04. The highest BCUT2D eigenvalue weighted by Gasteiger charge is 2.21. The number of rotatable bonds is 6. The molecule has 1 aliphatic rings. The summed E-state index contributed by atoms with van der Waals surface area (Å²) in [5.41, 5.74) is 2.71. The number of carbonyl (C=O) groups is 2. The van der Waals surface area contributed by atoms with Gasteiger partial charge < -0.3 is 15.2 Å². The molecule has 7 heteroatoms. The van der Waals surface area contributed by atoms with Gasteiger partial charge in [-0.1, -0.05) is 12.1 Å². The van der Waals surface area contributed by atoms with E-state index < -0.39 is 5.97 Å². The molecule has 0 bridgehead atoms. The van der Waals surface area contributed by atoms with Crippen LogP contribution in [0.2, 0.25) is 0 Å². The van der Waals surface area contributed by atoms with E-state index >= 15 is 0 Å². The van der Waals surface area contributed by atoms with Gasteiger partial charge in [0.15, 0.2) is 0 Å². The summed E-state index contributed by atoms with van der Waals surface area (Å²) in [6, 6.07) is 6.97. The number of hydrogen-bond acceptors (Lipinski definition) is 4. The highest BCUT2D eigenvalue weighted by atomic mass is 16.5. The van der Waals surface area contributed by atoms with E-state index in [0.29, 0.717) is 18.5 Å². The van der Waals surface area contributed by atoms with E-state index in [0.717, 1.165) is 37.3 Å². The standard InChI is InChI=1S/C19H23N3O4/c1-13-17(12-21-22(13)16-7-10-26-11-8-16)18(23)20-9-6-14-2-4-15(5-3-14)19(24)25/h2-5,12,16H,6-11H2,1H3,(H,20,23)(H,24,25). The summed E-state index contributed by atoms with van der Waals surface area (Å²) in [5, 5.41) is 16.2. The van der Waals surface area contributed by atoms with E-state index in [1.165, 1.54) is 0 Å². The highest BCUT2D eigenvalue weighted by molar-refractivity contribution is 5.95. The highest BCUT2D eigenvalue weighted by Crippen LogP contribution is 2.23. The lowest BCUT2D eigenvalue weighted by atomic mass is 10.1. The van der Waals surface area contributed by atoms with Crippen molar-refractivity contribution >= 4 is 11.9 Å². The first-order valence-corrected chi connectivity index (χ1v) is 8.78. The third-order valence-electron chi connectivity index (χ3n) is 4.73. The van der Waals surface area contributed by atoms with Crippen LogP contribution in [0, 0.1) is 6.92 Å². The molecule has 0 unspecified atom stereocenters. The molecule has 1 aromatic carbocycles. The first-order valence-electron chi connectivity index (χ1n) is 8.78. The van der Waals surface area contributed by atoms with Gasteiger partial charge in [0.1, 0.15) is 0 Å². The van der Waals surface area contributed by atoms with Crippen molar-refractivity contribution in [3.05, 3.63) is 52.8 Å². The molecule has 0 saturated carbocycles.